The van der Waals surface area contributed by atoms with Gasteiger partial charge in [0, 0.05) is 5.92 Å². The molecule has 5 nitrogen and oxygen atoms in total. The molecule has 5 heteroatoms. The number of rotatable bonds is 4. The lowest BCUT2D eigenvalue weighted by atomic mass is 9.80. The number of hydrogen-bond donors (Lipinski definition) is 0. The van der Waals surface area contributed by atoms with Gasteiger partial charge in [-0.1, -0.05) is 17.6 Å². The Labute approximate surface area is 124 Å². The Bertz CT molecular complexity index is 475. The highest BCUT2D eigenvalue weighted by Crippen LogP contribution is 2.50. The fourth-order valence-corrected chi connectivity index (χ4v) is 3.90. The van der Waals surface area contributed by atoms with Crippen molar-refractivity contribution in [2.24, 2.45) is 17.3 Å². The van der Waals surface area contributed by atoms with Crippen LogP contribution in [0, 0.1) is 17.3 Å². The molecular weight excluding hydrogens is 272 g/mol. The van der Waals surface area contributed by atoms with E-state index in [0.717, 1.165) is 36.7 Å². The molecule has 0 amide bonds. The molecule has 2 rings (SSSR count). The topological polar surface area (TPSA) is 69.7 Å². The lowest BCUT2D eigenvalue weighted by Crippen LogP contribution is -2.39. The largest absolute Gasteiger partial charge is 0.468 e. The van der Waals surface area contributed by atoms with Gasteiger partial charge in [0.1, 0.15) is 6.29 Å². The second-order valence-corrected chi connectivity index (χ2v) is 6.06. The molecule has 116 valence electrons. The van der Waals surface area contributed by atoms with E-state index < -0.39 is 17.4 Å². The van der Waals surface area contributed by atoms with Crippen LogP contribution in [-0.4, -0.2) is 32.4 Å². The molecule has 0 aliphatic heterocycles. The molecule has 0 aromatic carbocycles. The monoisotopic (exact) mass is 294 g/mol. The van der Waals surface area contributed by atoms with E-state index in [-0.39, 0.29) is 11.8 Å². The zero-order valence-electron chi connectivity index (χ0n) is 12.8. The number of carbonyl (C=O) groups is 3. The number of allylic oxidation sites excluding steroid dienone is 2. The summed E-state index contributed by atoms with van der Waals surface area (Å²) >= 11 is 0. The van der Waals surface area contributed by atoms with Crippen LogP contribution in [0.15, 0.2) is 11.1 Å². The summed E-state index contributed by atoms with van der Waals surface area (Å²) in [6, 6.07) is 0. The Morgan fingerprint density at radius 2 is 1.76 bits per heavy atom. The number of methoxy groups -OCH3 is 2. The predicted molar refractivity (Wildman–Crippen MR) is 75.3 cm³/mol. The van der Waals surface area contributed by atoms with Crippen molar-refractivity contribution in [2.45, 2.75) is 39.0 Å². The molecule has 2 unspecified atom stereocenters. The summed E-state index contributed by atoms with van der Waals surface area (Å²) in [6.07, 6.45) is 4.47. The molecule has 0 heterocycles. The maximum atomic E-state index is 12.2. The zero-order chi connectivity index (χ0) is 15.6. The van der Waals surface area contributed by atoms with Crippen LogP contribution in [0.3, 0.4) is 0 Å². The van der Waals surface area contributed by atoms with Gasteiger partial charge in [-0.15, -0.1) is 0 Å². The van der Waals surface area contributed by atoms with Crippen LogP contribution in [0.1, 0.15) is 39.0 Å². The molecule has 1 fully saturated rings. The number of hydrogen-bond acceptors (Lipinski definition) is 5. The minimum absolute atomic E-state index is 0.000967. The third-order valence-electron chi connectivity index (χ3n) is 4.95. The average Bonchev–Trinajstić information content (AvgIpc) is 3.09. The van der Waals surface area contributed by atoms with Crippen LogP contribution in [0.5, 0.6) is 0 Å². The van der Waals surface area contributed by atoms with Crippen molar-refractivity contribution in [3.63, 3.8) is 0 Å². The van der Waals surface area contributed by atoms with Crippen molar-refractivity contribution in [1.29, 1.82) is 0 Å². The van der Waals surface area contributed by atoms with Gasteiger partial charge in [-0.3, -0.25) is 9.59 Å². The fraction of sp³-hybridized carbons (Fsp3) is 0.688. The second-order valence-electron chi connectivity index (χ2n) is 6.06. The molecule has 0 bridgehead atoms. The third kappa shape index (κ3) is 2.49. The Kier molecular flexibility index (Phi) is 4.49. The van der Waals surface area contributed by atoms with E-state index >= 15 is 0 Å². The number of esters is 2. The predicted octanol–water partition coefficient (Wildman–Crippen LogP) is 2.04. The summed E-state index contributed by atoms with van der Waals surface area (Å²) in [7, 11) is 2.56. The lowest BCUT2D eigenvalue weighted by molar-refractivity contribution is -0.168. The van der Waals surface area contributed by atoms with Gasteiger partial charge in [0.2, 0.25) is 0 Å². The van der Waals surface area contributed by atoms with Gasteiger partial charge in [-0.05, 0) is 38.5 Å². The SMILES string of the molecule is COC(=O)C1(C(=O)OC)CC(C)=C(C2CCCC2C=O)C1. The number of aldehydes is 1. The fourth-order valence-electron chi connectivity index (χ4n) is 3.90. The smallest absolute Gasteiger partial charge is 0.323 e. The van der Waals surface area contributed by atoms with Crippen LogP contribution in [0.2, 0.25) is 0 Å². The molecule has 1 saturated carbocycles. The van der Waals surface area contributed by atoms with E-state index in [1.165, 1.54) is 14.2 Å². The van der Waals surface area contributed by atoms with Gasteiger partial charge in [-0.2, -0.15) is 0 Å². The van der Waals surface area contributed by atoms with Crippen LogP contribution in [-0.2, 0) is 23.9 Å². The molecule has 2 atom stereocenters. The summed E-state index contributed by atoms with van der Waals surface area (Å²) in [5.74, 6) is -0.951. The van der Waals surface area contributed by atoms with E-state index in [0.29, 0.717) is 12.8 Å². The van der Waals surface area contributed by atoms with E-state index in [9.17, 15) is 14.4 Å². The van der Waals surface area contributed by atoms with E-state index in [2.05, 4.69) is 0 Å². The zero-order valence-corrected chi connectivity index (χ0v) is 12.8. The first-order chi connectivity index (χ1) is 10.00. The van der Waals surface area contributed by atoms with E-state index in [4.69, 9.17) is 9.47 Å². The minimum Gasteiger partial charge on any atom is -0.468 e. The molecule has 2 aliphatic carbocycles. The summed E-state index contributed by atoms with van der Waals surface area (Å²) in [5.41, 5.74) is 0.823. The van der Waals surface area contributed by atoms with Crippen LogP contribution in [0.25, 0.3) is 0 Å². The van der Waals surface area contributed by atoms with Crippen molar-refractivity contribution in [3.8, 4) is 0 Å². The van der Waals surface area contributed by atoms with E-state index in [1.54, 1.807) is 0 Å². The van der Waals surface area contributed by atoms with Gasteiger partial charge in [0.15, 0.2) is 5.41 Å². The molecule has 0 aromatic heterocycles. The Morgan fingerprint density at radius 3 is 2.29 bits per heavy atom. The molecule has 0 N–H and O–H groups in total. The van der Waals surface area contributed by atoms with Crippen LogP contribution >= 0.6 is 0 Å². The van der Waals surface area contributed by atoms with Crippen LogP contribution in [0.4, 0.5) is 0 Å². The van der Waals surface area contributed by atoms with Gasteiger partial charge in [0.05, 0.1) is 14.2 Å². The molecule has 0 saturated heterocycles. The van der Waals surface area contributed by atoms with Crippen molar-refractivity contribution in [1.82, 2.24) is 0 Å². The van der Waals surface area contributed by atoms with Crippen LogP contribution < -0.4 is 0 Å². The number of ether oxygens (including phenoxy) is 2. The van der Waals surface area contributed by atoms with E-state index in [1.807, 2.05) is 6.92 Å². The van der Waals surface area contributed by atoms with Gasteiger partial charge >= 0.3 is 11.9 Å². The summed E-state index contributed by atoms with van der Waals surface area (Å²) in [6.45, 7) is 1.93. The molecule has 0 aromatic rings. The third-order valence-corrected chi connectivity index (χ3v) is 4.95. The average molecular weight is 294 g/mol. The standard InChI is InChI=1S/C16H22O5/c1-10-7-16(14(18)20-2,15(19)21-3)8-13(10)12-6-4-5-11(12)9-17/h9,11-12H,4-8H2,1-3H3. The Balaban J connectivity index is 2.31. The minimum atomic E-state index is -1.26. The van der Waals surface area contributed by atoms with Gasteiger partial charge in [-0.25, -0.2) is 0 Å². The lowest BCUT2D eigenvalue weighted by Gasteiger charge is -2.25. The Morgan fingerprint density at radius 1 is 1.14 bits per heavy atom. The molecule has 0 spiro atoms. The number of carbonyl (C=O) groups excluding carboxylic acids is 3. The molecular formula is C16H22O5. The summed E-state index contributed by atoms with van der Waals surface area (Å²) in [5, 5.41) is 0. The quantitative estimate of drug-likeness (QED) is 0.343. The summed E-state index contributed by atoms with van der Waals surface area (Å²) in [4.78, 5) is 35.6. The van der Waals surface area contributed by atoms with Crippen molar-refractivity contribution in [3.05, 3.63) is 11.1 Å². The molecule has 21 heavy (non-hydrogen) atoms. The van der Waals surface area contributed by atoms with Gasteiger partial charge in [0.25, 0.3) is 0 Å². The van der Waals surface area contributed by atoms with Crippen molar-refractivity contribution >= 4 is 18.2 Å². The van der Waals surface area contributed by atoms with Crippen molar-refractivity contribution < 1.29 is 23.9 Å². The first-order valence-corrected chi connectivity index (χ1v) is 7.30. The molecule has 2 aliphatic rings. The highest BCUT2D eigenvalue weighted by atomic mass is 16.5. The van der Waals surface area contributed by atoms with Crippen molar-refractivity contribution in [2.75, 3.05) is 14.2 Å². The molecule has 0 radical (unpaired) electrons. The van der Waals surface area contributed by atoms with Gasteiger partial charge < -0.3 is 14.3 Å². The first kappa shape index (κ1) is 15.7. The highest BCUT2D eigenvalue weighted by molar-refractivity contribution is 6.01. The summed E-state index contributed by atoms with van der Waals surface area (Å²) < 4.78 is 9.67. The first-order valence-electron chi connectivity index (χ1n) is 7.30. The maximum absolute atomic E-state index is 12.2. The maximum Gasteiger partial charge on any atom is 0.323 e. The normalized spacial score (nSPS) is 27.6. The highest BCUT2D eigenvalue weighted by Gasteiger charge is 2.54. The second kappa shape index (κ2) is 6.00. The Hall–Kier alpha value is -1.65.